The van der Waals surface area contributed by atoms with Crippen LogP contribution in [0.5, 0.6) is 0 Å². The van der Waals surface area contributed by atoms with Gasteiger partial charge in [0.1, 0.15) is 0 Å². The quantitative estimate of drug-likeness (QED) is 0.681. The van der Waals surface area contributed by atoms with Crippen LogP contribution in [0.25, 0.3) is 0 Å². The largest absolute Gasteiger partial charge is 0.316 e. The summed E-state index contributed by atoms with van der Waals surface area (Å²) in [5.41, 5.74) is 0. The molecule has 0 bridgehead atoms. The van der Waals surface area contributed by atoms with Gasteiger partial charge in [-0.25, -0.2) is 0 Å². The zero-order chi connectivity index (χ0) is 9.64. The fourth-order valence-corrected chi connectivity index (χ4v) is 2.42. The van der Waals surface area contributed by atoms with Crippen molar-refractivity contribution in [3.05, 3.63) is 22.4 Å². The third-order valence-electron chi connectivity index (χ3n) is 2.79. The van der Waals surface area contributed by atoms with Crippen molar-refractivity contribution in [1.29, 1.82) is 0 Å². The van der Waals surface area contributed by atoms with Gasteiger partial charge in [0.05, 0.1) is 0 Å². The van der Waals surface area contributed by atoms with E-state index in [0.717, 1.165) is 12.5 Å². The van der Waals surface area contributed by atoms with Crippen LogP contribution in [0.1, 0.15) is 30.6 Å². The maximum Gasteiger partial charge on any atom is 0.00578 e. The van der Waals surface area contributed by atoms with E-state index in [4.69, 9.17) is 0 Å². The van der Waals surface area contributed by atoms with Crippen molar-refractivity contribution in [1.82, 2.24) is 5.32 Å². The first-order chi connectivity index (χ1) is 6.95. The predicted octanol–water partition coefficient (Wildman–Crippen LogP) is 3.07. The Morgan fingerprint density at radius 1 is 1.36 bits per heavy atom. The maximum absolute atomic E-state index is 3.51. The standard InChI is InChI=1S/C12H19NS/c1(3-11-5-6-11)8-13-9-7-12-4-2-10-14-12/h2,4,10-11,13H,1,3,5-9H2. The van der Waals surface area contributed by atoms with Crippen LogP contribution in [0.4, 0.5) is 0 Å². The van der Waals surface area contributed by atoms with E-state index in [0.29, 0.717) is 0 Å². The summed E-state index contributed by atoms with van der Waals surface area (Å²) in [5, 5.41) is 5.67. The molecule has 2 heteroatoms. The van der Waals surface area contributed by atoms with Crippen LogP contribution in [0.15, 0.2) is 17.5 Å². The van der Waals surface area contributed by atoms with Crippen molar-refractivity contribution in [3.8, 4) is 0 Å². The second-order valence-corrected chi connectivity index (χ2v) is 5.20. The second-order valence-electron chi connectivity index (χ2n) is 4.16. The SMILES string of the molecule is c1csc(CCNCCCC2CC2)c1. The van der Waals surface area contributed by atoms with Crippen molar-refractivity contribution in [3.63, 3.8) is 0 Å². The summed E-state index contributed by atoms with van der Waals surface area (Å²) in [7, 11) is 0. The molecule has 0 atom stereocenters. The molecule has 1 heterocycles. The molecule has 0 saturated heterocycles. The average molecular weight is 209 g/mol. The summed E-state index contributed by atoms with van der Waals surface area (Å²) in [6.07, 6.45) is 7.01. The van der Waals surface area contributed by atoms with Crippen LogP contribution in [-0.4, -0.2) is 13.1 Å². The van der Waals surface area contributed by atoms with Crippen LogP contribution < -0.4 is 5.32 Å². The van der Waals surface area contributed by atoms with Gasteiger partial charge in [0.25, 0.3) is 0 Å². The smallest absolute Gasteiger partial charge is 0.00578 e. The highest BCUT2D eigenvalue weighted by Crippen LogP contribution is 2.33. The van der Waals surface area contributed by atoms with Crippen molar-refractivity contribution >= 4 is 11.3 Å². The Hall–Kier alpha value is -0.340. The topological polar surface area (TPSA) is 12.0 Å². The minimum atomic E-state index is 1.09. The summed E-state index contributed by atoms with van der Waals surface area (Å²) >= 11 is 1.86. The lowest BCUT2D eigenvalue weighted by Gasteiger charge is -2.02. The van der Waals surface area contributed by atoms with Gasteiger partial charge in [-0.05, 0) is 49.7 Å². The van der Waals surface area contributed by atoms with Gasteiger partial charge in [-0.3, -0.25) is 0 Å². The van der Waals surface area contributed by atoms with Gasteiger partial charge in [-0.1, -0.05) is 18.9 Å². The van der Waals surface area contributed by atoms with Crippen LogP contribution in [-0.2, 0) is 6.42 Å². The Bertz CT molecular complexity index is 239. The highest BCUT2D eigenvalue weighted by atomic mass is 32.1. The number of nitrogens with one attached hydrogen (secondary N) is 1. The van der Waals surface area contributed by atoms with Gasteiger partial charge in [-0.2, -0.15) is 0 Å². The summed E-state index contributed by atoms with van der Waals surface area (Å²) in [5.74, 6) is 1.09. The number of hydrogen-bond donors (Lipinski definition) is 1. The van der Waals surface area contributed by atoms with E-state index in [9.17, 15) is 0 Å². The molecule has 1 N–H and O–H groups in total. The van der Waals surface area contributed by atoms with E-state index in [1.807, 2.05) is 11.3 Å². The molecular weight excluding hydrogens is 190 g/mol. The van der Waals surface area contributed by atoms with Crippen LogP contribution in [0, 0.1) is 5.92 Å². The molecule has 1 aliphatic carbocycles. The van der Waals surface area contributed by atoms with Crippen LogP contribution in [0.3, 0.4) is 0 Å². The van der Waals surface area contributed by atoms with Crippen molar-refractivity contribution in [2.24, 2.45) is 5.92 Å². The molecule has 1 saturated carbocycles. The summed E-state index contributed by atoms with van der Waals surface area (Å²) < 4.78 is 0. The molecule has 0 amide bonds. The predicted molar refractivity (Wildman–Crippen MR) is 62.9 cm³/mol. The molecule has 78 valence electrons. The lowest BCUT2D eigenvalue weighted by atomic mass is 10.2. The number of thiophene rings is 1. The van der Waals surface area contributed by atoms with E-state index in [2.05, 4.69) is 22.8 Å². The fraction of sp³-hybridized carbons (Fsp3) is 0.667. The Balaban J connectivity index is 1.43. The second kappa shape index (κ2) is 5.52. The molecule has 2 rings (SSSR count). The zero-order valence-electron chi connectivity index (χ0n) is 8.67. The van der Waals surface area contributed by atoms with Crippen molar-refractivity contribution in [2.75, 3.05) is 13.1 Å². The zero-order valence-corrected chi connectivity index (χ0v) is 9.48. The van der Waals surface area contributed by atoms with Gasteiger partial charge < -0.3 is 5.32 Å². The Morgan fingerprint density at radius 3 is 3.00 bits per heavy atom. The first kappa shape index (κ1) is 10.2. The van der Waals surface area contributed by atoms with Crippen molar-refractivity contribution in [2.45, 2.75) is 32.1 Å². The summed E-state index contributed by atoms with van der Waals surface area (Å²) in [4.78, 5) is 1.50. The van der Waals surface area contributed by atoms with Crippen molar-refractivity contribution < 1.29 is 0 Å². The van der Waals surface area contributed by atoms with Gasteiger partial charge >= 0.3 is 0 Å². The Kier molecular flexibility index (Phi) is 4.02. The molecule has 1 aromatic heterocycles. The van der Waals surface area contributed by atoms with Gasteiger partial charge in [0.2, 0.25) is 0 Å². The normalized spacial score (nSPS) is 16.0. The first-order valence-electron chi connectivity index (χ1n) is 5.68. The molecule has 1 fully saturated rings. The van der Waals surface area contributed by atoms with E-state index in [1.165, 1.54) is 43.5 Å². The van der Waals surface area contributed by atoms with E-state index in [1.54, 1.807) is 0 Å². The highest BCUT2D eigenvalue weighted by Gasteiger charge is 2.19. The van der Waals surface area contributed by atoms with E-state index >= 15 is 0 Å². The van der Waals surface area contributed by atoms with Crippen LogP contribution in [0.2, 0.25) is 0 Å². The number of hydrogen-bond acceptors (Lipinski definition) is 2. The molecular formula is C12H19NS. The number of rotatable bonds is 7. The lowest BCUT2D eigenvalue weighted by Crippen LogP contribution is -2.18. The Morgan fingerprint density at radius 2 is 2.29 bits per heavy atom. The molecule has 1 aliphatic rings. The molecule has 0 aliphatic heterocycles. The molecule has 1 nitrogen and oxygen atoms in total. The molecule has 1 aromatic rings. The van der Waals surface area contributed by atoms with Gasteiger partial charge in [0.15, 0.2) is 0 Å². The van der Waals surface area contributed by atoms with E-state index in [-0.39, 0.29) is 0 Å². The van der Waals surface area contributed by atoms with Gasteiger partial charge in [0, 0.05) is 4.88 Å². The first-order valence-corrected chi connectivity index (χ1v) is 6.56. The lowest BCUT2D eigenvalue weighted by molar-refractivity contribution is 0.596. The molecule has 0 unspecified atom stereocenters. The average Bonchev–Trinajstić information content (AvgIpc) is 2.87. The fourth-order valence-electron chi connectivity index (χ4n) is 1.71. The minimum absolute atomic E-state index is 1.09. The molecule has 0 radical (unpaired) electrons. The third-order valence-corrected chi connectivity index (χ3v) is 3.73. The molecule has 0 aromatic carbocycles. The monoisotopic (exact) mass is 209 g/mol. The summed E-state index contributed by atoms with van der Waals surface area (Å²) in [6, 6.07) is 4.35. The molecule has 14 heavy (non-hydrogen) atoms. The Labute approximate surface area is 90.5 Å². The van der Waals surface area contributed by atoms with Crippen LogP contribution >= 0.6 is 11.3 Å². The third kappa shape index (κ3) is 3.81. The van der Waals surface area contributed by atoms with Gasteiger partial charge in [-0.15, -0.1) is 11.3 Å². The minimum Gasteiger partial charge on any atom is -0.316 e. The maximum atomic E-state index is 3.51. The van der Waals surface area contributed by atoms with E-state index < -0.39 is 0 Å². The molecule has 0 spiro atoms. The highest BCUT2D eigenvalue weighted by molar-refractivity contribution is 7.09. The summed E-state index contributed by atoms with van der Waals surface area (Å²) in [6.45, 7) is 2.35.